The minimum atomic E-state index is -1.58. The van der Waals surface area contributed by atoms with E-state index in [0.29, 0.717) is 0 Å². The van der Waals surface area contributed by atoms with Crippen molar-refractivity contribution in [2.24, 2.45) is 5.73 Å². The summed E-state index contributed by atoms with van der Waals surface area (Å²) >= 11 is 0. The van der Waals surface area contributed by atoms with E-state index >= 15 is 0 Å². The van der Waals surface area contributed by atoms with Crippen molar-refractivity contribution in [3.8, 4) is 0 Å². The molecule has 0 aliphatic rings. The van der Waals surface area contributed by atoms with Gasteiger partial charge in [0.1, 0.15) is 12.1 Å². The van der Waals surface area contributed by atoms with E-state index in [-0.39, 0.29) is 0 Å². The SMILES string of the molecule is CC(NC(=O)N[C@H](CC(=O)O)C(=O)O)C(N)=O. The molecule has 17 heavy (non-hydrogen) atoms. The predicted molar refractivity (Wildman–Crippen MR) is 54.0 cm³/mol. The molecule has 2 atom stereocenters. The smallest absolute Gasteiger partial charge is 0.326 e. The summed E-state index contributed by atoms with van der Waals surface area (Å²) < 4.78 is 0. The lowest BCUT2D eigenvalue weighted by Crippen LogP contribution is -2.51. The third kappa shape index (κ3) is 5.97. The molecule has 0 radical (unpaired) electrons. The van der Waals surface area contributed by atoms with Crippen LogP contribution in [-0.2, 0) is 14.4 Å². The second-order valence-electron chi connectivity index (χ2n) is 3.23. The molecule has 9 nitrogen and oxygen atoms in total. The van der Waals surface area contributed by atoms with E-state index in [0.717, 1.165) is 0 Å². The molecule has 0 aromatic rings. The van der Waals surface area contributed by atoms with Gasteiger partial charge in [-0.25, -0.2) is 9.59 Å². The Balaban J connectivity index is 4.36. The maximum atomic E-state index is 11.2. The summed E-state index contributed by atoms with van der Waals surface area (Å²) in [6.07, 6.45) is -0.770. The van der Waals surface area contributed by atoms with Gasteiger partial charge in [0.25, 0.3) is 0 Å². The fourth-order valence-corrected chi connectivity index (χ4v) is 0.842. The van der Waals surface area contributed by atoms with E-state index in [1.54, 1.807) is 0 Å². The van der Waals surface area contributed by atoms with Crippen molar-refractivity contribution in [3.63, 3.8) is 0 Å². The van der Waals surface area contributed by atoms with E-state index in [1.165, 1.54) is 6.92 Å². The van der Waals surface area contributed by atoms with Crippen LogP contribution in [0.1, 0.15) is 13.3 Å². The molecule has 0 aliphatic heterocycles. The van der Waals surface area contributed by atoms with Crippen molar-refractivity contribution in [2.75, 3.05) is 0 Å². The fraction of sp³-hybridized carbons (Fsp3) is 0.500. The Hall–Kier alpha value is -2.32. The third-order valence-corrected chi connectivity index (χ3v) is 1.76. The summed E-state index contributed by atoms with van der Waals surface area (Å²) in [7, 11) is 0. The summed E-state index contributed by atoms with van der Waals surface area (Å²) in [5.41, 5.74) is 4.86. The van der Waals surface area contributed by atoms with Gasteiger partial charge in [0.15, 0.2) is 0 Å². The number of carbonyl (C=O) groups excluding carboxylic acids is 2. The molecule has 0 saturated heterocycles. The van der Waals surface area contributed by atoms with Crippen molar-refractivity contribution < 1.29 is 29.4 Å². The number of carboxylic acids is 2. The van der Waals surface area contributed by atoms with Crippen LogP contribution in [0.4, 0.5) is 4.79 Å². The van der Waals surface area contributed by atoms with Crippen LogP contribution in [0, 0.1) is 0 Å². The van der Waals surface area contributed by atoms with Crippen LogP contribution >= 0.6 is 0 Å². The predicted octanol–water partition coefficient (Wildman–Crippen LogP) is -1.91. The van der Waals surface area contributed by atoms with E-state index in [2.05, 4.69) is 5.32 Å². The average Bonchev–Trinajstić information content (AvgIpc) is 2.15. The van der Waals surface area contributed by atoms with E-state index in [1.807, 2.05) is 5.32 Å². The minimum absolute atomic E-state index is 0.770. The normalized spacial score (nSPS) is 13.2. The van der Waals surface area contributed by atoms with Gasteiger partial charge in [0.05, 0.1) is 6.42 Å². The Morgan fingerprint density at radius 2 is 1.71 bits per heavy atom. The molecule has 3 amide bonds. The van der Waals surface area contributed by atoms with Crippen molar-refractivity contribution in [2.45, 2.75) is 25.4 Å². The summed E-state index contributed by atoms with van der Waals surface area (Å²) in [5, 5.41) is 21.0. The van der Waals surface area contributed by atoms with Crippen molar-refractivity contribution in [1.82, 2.24) is 10.6 Å². The van der Waals surface area contributed by atoms with Gasteiger partial charge in [-0.1, -0.05) is 0 Å². The number of aliphatic carboxylic acids is 2. The molecule has 0 saturated carbocycles. The van der Waals surface area contributed by atoms with Gasteiger partial charge < -0.3 is 26.6 Å². The molecular weight excluding hydrogens is 234 g/mol. The molecule has 0 bridgehead atoms. The fourth-order valence-electron chi connectivity index (χ4n) is 0.842. The highest BCUT2D eigenvalue weighted by Gasteiger charge is 2.24. The number of carbonyl (C=O) groups is 4. The number of nitrogens with two attached hydrogens (primary N) is 1. The van der Waals surface area contributed by atoms with Crippen LogP contribution in [0.5, 0.6) is 0 Å². The first-order valence-corrected chi connectivity index (χ1v) is 4.55. The zero-order chi connectivity index (χ0) is 13.6. The number of rotatable bonds is 6. The van der Waals surface area contributed by atoms with Crippen LogP contribution in [0.2, 0.25) is 0 Å². The van der Waals surface area contributed by atoms with Gasteiger partial charge in [0.2, 0.25) is 5.91 Å². The number of nitrogens with one attached hydrogen (secondary N) is 2. The van der Waals surface area contributed by atoms with Crippen LogP contribution in [-0.4, -0.2) is 46.2 Å². The Labute approximate surface area is 96.0 Å². The molecule has 0 aliphatic carbocycles. The Morgan fingerprint density at radius 1 is 1.18 bits per heavy atom. The molecule has 0 aromatic heterocycles. The van der Waals surface area contributed by atoms with Crippen molar-refractivity contribution >= 4 is 23.9 Å². The first-order valence-electron chi connectivity index (χ1n) is 4.55. The van der Waals surface area contributed by atoms with Gasteiger partial charge >= 0.3 is 18.0 Å². The molecule has 9 heteroatoms. The first kappa shape index (κ1) is 14.7. The average molecular weight is 247 g/mol. The minimum Gasteiger partial charge on any atom is -0.481 e. The summed E-state index contributed by atoms with van der Waals surface area (Å²) in [6.45, 7) is 1.30. The highest BCUT2D eigenvalue weighted by atomic mass is 16.4. The molecular formula is C8H13N3O6. The number of carboxylic acid groups (broad SMARTS) is 2. The quantitative estimate of drug-likeness (QED) is 0.368. The van der Waals surface area contributed by atoms with Crippen LogP contribution in [0.3, 0.4) is 0 Å². The monoisotopic (exact) mass is 247 g/mol. The van der Waals surface area contributed by atoms with Gasteiger partial charge in [-0.05, 0) is 6.92 Å². The second-order valence-corrected chi connectivity index (χ2v) is 3.23. The van der Waals surface area contributed by atoms with Crippen molar-refractivity contribution in [1.29, 1.82) is 0 Å². The lowest BCUT2D eigenvalue weighted by Gasteiger charge is -2.15. The van der Waals surface area contributed by atoms with Gasteiger partial charge in [0, 0.05) is 0 Å². The highest BCUT2D eigenvalue weighted by Crippen LogP contribution is 1.93. The molecule has 1 unspecified atom stereocenters. The first-order chi connectivity index (χ1) is 7.73. The number of urea groups is 1. The Morgan fingerprint density at radius 3 is 2.06 bits per heavy atom. The second kappa shape index (κ2) is 6.30. The molecule has 0 heterocycles. The zero-order valence-electron chi connectivity index (χ0n) is 8.97. The van der Waals surface area contributed by atoms with Gasteiger partial charge in [-0.15, -0.1) is 0 Å². The summed E-state index contributed by atoms with van der Waals surface area (Å²) in [5.74, 6) is -3.67. The summed E-state index contributed by atoms with van der Waals surface area (Å²) in [6, 6.07) is -3.55. The maximum Gasteiger partial charge on any atom is 0.326 e. The van der Waals surface area contributed by atoms with Crippen molar-refractivity contribution in [3.05, 3.63) is 0 Å². The number of amides is 3. The van der Waals surface area contributed by atoms with Crippen LogP contribution in [0.25, 0.3) is 0 Å². The van der Waals surface area contributed by atoms with Crippen LogP contribution in [0.15, 0.2) is 0 Å². The molecule has 0 fully saturated rings. The summed E-state index contributed by atoms with van der Waals surface area (Å²) in [4.78, 5) is 42.7. The maximum absolute atomic E-state index is 11.2. The largest absolute Gasteiger partial charge is 0.481 e. The Kier molecular flexibility index (Phi) is 5.44. The highest BCUT2D eigenvalue weighted by molar-refractivity contribution is 5.89. The number of primary amides is 1. The molecule has 96 valence electrons. The Bertz CT molecular complexity index is 342. The molecule has 6 N–H and O–H groups in total. The van der Waals surface area contributed by atoms with Gasteiger partial charge in [-0.2, -0.15) is 0 Å². The van der Waals surface area contributed by atoms with E-state index in [9.17, 15) is 19.2 Å². The van der Waals surface area contributed by atoms with Gasteiger partial charge in [-0.3, -0.25) is 9.59 Å². The number of hydrogen-bond acceptors (Lipinski definition) is 4. The molecule has 0 spiro atoms. The molecule has 0 aromatic carbocycles. The zero-order valence-corrected chi connectivity index (χ0v) is 8.97. The third-order valence-electron chi connectivity index (χ3n) is 1.76. The molecule has 0 rings (SSSR count). The lowest BCUT2D eigenvalue weighted by atomic mass is 10.2. The lowest BCUT2D eigenvalue weighted by molar-refractivity contribution is -0.145. The van der Waals surface area contributed by atoms with Crippen LogP contribution < -0.4 is 16.4 Å². The van der Waals surface area contributed by atoms with E-state index < -0.39 is 42.4 Å². The van der Waals surface area contributed by atoms with E-state index in [4.69, 9.17) is 15.9 Å². The number of hydrogen-bond donors (Lipinski definition) is 5. The topological polar surface area (TPSA) is 159 Å². The standard InChI is InChI=1S/C8H13N3O6/c1-3(6(9)14)10-8(17)11-4(7(15)16)2-5(12)13/h3-4H,2H2,1H3,(H2,9,14)(H,12,13)(H,15,16)(H2,10,11,17)/t3?,4-/m1/s1.